The quantitative estimate of drug-likeness (QED) is 0.883. The number of aryl methyl sites for hydroxylation is 1. The molecule has 3 rings (SSSR count). The van der Waals surface area contributed by atoms with Gasteiger partial charge in [-0.1, -0.05) is 12.1 Å². The number of aromatic nitrogens is 1. The van der Waals surface area contributed by atoms with E-state index in [-0.39, 0.29) is 24.5 Å². The first-order valence-corrected chi connectivity index (χ1v) is 9.11. The number of carbonyl (C=O) groups is 1. The van der Waals surface area contributed by atoms with Gasteiger partial charge in [0.05, 0.1) is 12.1 Å². The van der Waals surface area contributed by atoms with Crippen LogP contribution in [0.25, 0.3) is 10.9 Å². The van der Waals surface area contributed by atoms with Crippen molar-refractivity contribution in [3.63, 3.8) is 0 Å². The Balaban J connectivity index is 1.88. The third kappa shape index (κ3) is 3.26. The number of rotatable bonds is 4. The third-order valence-electron chi connectivity index (χ3n) is 4.12. The van der Waals surface area contributed by atoms with Gasteiger partial charge in [0.15, 0.2) is 0 Å². The van der Waals surface area contributed by atoms with Gasteiger partial charge in [-0.05, 0) is 24.6 Å². The van der Waals surface area contributed by atoms with Crippen molar-refractivity contribution in [2.75, 3.05) is 32.7 Å². The summed E-state index contributed by atoms with van der Waals surface area (Å²) in [7, 11) is -3.66. The van der Waals surface area contributed by atoms with Crippen LogP contribution >= 0.6 is 0 Å². The molecule has 0 unspecified atom stereocenters. The molecule has 0 aliphatic carbocycles. The normalized spacial score (nSPS) is 17.2. The van der Waals surface area contributed by atoms with Crippen LogP contribution in [0.15, 0.2) is 35.4 Å². The Labute approximate surface area is 140 Å². The van der Waals surface area contributed by atoms with Gasteiger partial charge in [0.25, 0.3) is 0 Å². The van der Waals surface area contributed by atoms with Gasteiger partial charge in [-0.3, -0.25) is 14.7 Å². The first kappa shape index (κ1) is 16.8. The van der Waals surface area contributed by atoms with E-state index in [0.717, 1.165) is 10.9 Å². The molecule has 0 amide bonds. The maximum Gasteiger partial charge on any atom is 0.317 e. The summed E-state index contributed by atoms with van der Waals surface area (Å²) in [5, 5.41) is 9.62. The highest BCUT2D eigenvalue weighted by Crippen LogP contribution is 2.25. The molecule has 8 heteroatoms. The number of aliphatic carboxylic acids is 1. The van der Waals surface area contributed by atoms with Crippen molar-refractivity contribution in [2.45, 2.75) is 11.8 Å². The molecule has 0 saturated carbocycles. The summed E-state index contributed by atoms with van der Waals surface area (Å²) in [6.07, 6.45) is 1.66. The number of hydrogen-bond donors (Lipinski definition) is 1. The van der Waals surface area contributed by atoms with Gasteiger partial charge in [0.1, 0.15) is 4.90 Å². The lowest BCUT2D eigenvalue weighted by Crippen LogP contribution is -2.49. The van der Waals surface area contributed by atoms with Crippen molar-refractivity contribution in [3.8, 4) is 0 Å². The maximum absolute atomic E-state index is 13.0. The van der Waals surface area contributed by atoms with E-state index in [2.05, 4.69) is 4.98 Å². The van der Waals surface area contributed by atoms with Gasteiger partial charge in [-0.2, -0.15) is 4.31 Å². The Hall–Kier alpha value is -2.03. The predicted octanol–water partition coefficient (Wildman–Crippen LogP) is 0.934. The predicted molar refractivity (Wildman–Crippen MR) is 89.3 cm³/mol. The number of hydrogen-bond acceptors (Lipinski definition) is 5. The Bertz CT molecular complexity index is 874. The molecular weight excluding hydrogens is 330 g/mol. The molecule has 7 nitrogen and oxygen atoms in total. The van der Waals surface area contributed by atoms with Crippen molar-refractivity contribution < 1.29 is 18.3 Å². The molecule has 0 atom stereocenters. The zero-order valence-corrected chi connectivity index (χ0v) is 14.2. The van der Waals surface area contributed by atoms with Gasteiger partial charge in [0.2, 0.25) is 10.0 Å². The Morgan fingerprint density at radius 1 is 1.25 bits per heavy atom. The highest BCUT2D eigenvalue weighted by atomic mass is 32.2. The number of sulfonamides is 1. The zero-order chi connectivity index (χ0) is 17.3. The van der Waals surface area contributed by atoms with Crippen molar-refractivity contribution in [1.29, 1.82) is 0 Å². The molecule has 0 radical (unpaired) electrons. The van der Waals surface area contributed by atoms with Crippen molar-refractivity contribution in [2.24, 2.45) is 0 Å². The minimum Gasteiger partial charge on any atom is -0.480 e. The lowest BCUT2D eigenvalue weighted by atomic mass is 10.2. The van der Waals surface area contributed by atoms with E-state index in [1.807, 2.05) is 19.1 Å². The van der Waals surface area contributed by atoms with Crippen LogP contribution in [0.1, 0.15) is 5.56 Å². The molecule has 1 aromatic carbocycles. The van der Waals surface area contributed by atoms with E-state index in [4.69, 9.17) is 5.11 Å². The molecular formula is C16H19N3O4S. The monoisotopic (exact) mass is 349 g/mol. The number of piperazine rings is 1. The fourth-order valence-corrected chi connectivity index (χ4v) is 4.50. The number of carboxylic acid groups (broad SMARTS) is 1. The first-order chi connectivity index (χ1) is 11.4. The molecule has 1 aliphatic rings. The minimum atomic E-state index is -3.66. The number of para-hydroxylation sites is 1. The lowest BCUT2D eigenvalue weighted by Gasteiger charge is -2.33. The zero-order valence-electron chi connectivity index (χ0n) is 13.3. The van der Waals surface area contributed by atoms with Crippen LogP contribution in [0.5, 0.6) is 0 Å². The molecule has 2 heterocycles. The molecule has 1 aliphatic heterocycles. The van der Waals surface area contributed by atoms with Crippen LogP contribution in [-0.2, 0) is 14.8 Å². The number of benzene rings is 1. The van der Waals surface area contributed by atoms with Crippen molar-refractivity contribution in [1.82, 2.24) is 14.2 Å². The fraction of sp³-hybridized carbons (Fsp3) is 0.375. The van der Waals surface area contributed by atoms with E-state index in [1.54, 1.807) is 23.2 Å². The van der Waals surface area contributed by atoms with Crippen LogP contribution in [0.2, 0.25) is 0 Å². The number of pyridine rings is 1. The van der Waals surface area contributed by atoms with Crippen LogP contribution < -0.4 is 0 Å². The Morgan fingerprint density at radius 3 is 2.62 bits per heavy atom. The molecule has 24 heavy (non-hydrogen) atoms. The summed E-state index contributed by atoms with van der Waals surface area (Å²) in [5.74, 6) is -0.903. The number of carboxylic acids is 1. The van der Waals surface area contributed by atoms with Gasteiger partial charge >= 0.3 is 5.97 Å². The average molecular weight is 349 g/mol. The summed E-state index contributed by atoms with van der Waals surface area (Å²) in [4.78, 5) is 17.0. The van der Waals surface area contributed by atoms with Gasteiger partial charge < -0.3 is 5.11 Å². The van der Waals surface area contributed by atoms with Crippen molar-refractivity contribution in [3.05, 3.63) is 36.0 Å². The SMILES string of the molecule is Cc1cnc2c(S(=O)(=O)N3CCN(CC(=O)O)CC3)cccc2c1. The topological polar surface area (TPSA) is 90.8 Å². The summed E-state index contributed by atoms with van der Waals surface area (Å²) in [6, 6.07) is 7.05. The van der Waals surface area contributed by atoms with Crippen LogP contribution in [0, 0.1) is 6.92 Å². The average Bonchev–Trinajstić information content (AvgIpc) is 2.54. The number of nitrogens with zero attached hydrogens (tertiary/aromatic N) is 3. The second kappa shape index (κ2) is 6.46. The largest absolute Gasteiger partial charge is 0.480 e. The highest BCUT2D eigenvalue weighted by Gasteiger charge is 2.30. The molecule has 2 aromatic rings. The third-order valence-corrected chi connectivity index (χ3v) is 6.05. The minimum absolute atomic E-state index is 0.0665. The van der Waals surface area contributed by atoms with E-state index in [1.165, 1.54) is 4.31 Å². The van der Waals surface area contributed by atoms with Gasteiger partial charge in [-0.25, -0.2) is 8.42 Å². The molecule has 1 saturated heterocycles. The van der Waals surface area contributed by atoms with Gasteiger partial charge in [0, 0.05) is 37.8 Å². The summed E-state index contributed by atoms with van der Waals surface area (Å²) >= 11 is 0. The Morgan fingerprint density at radius 2 is 1.96 bits per heavy atom. The van der Waals surface area contributed by atoms with E-state index in [0.29, 0.717) is 18.6 Å². The van der Waals surface area contributed by atoms with E-state index < -0.39 is 16.0 Å². The van der Waals surface area contributed by atoms with E-state index in [9.17, 15) is 13.2 Å². The fourth-order valence-electron chi connectivity index (χ4n) is 2.91. The summed E-state index contributed by atoms with van der Waals surface area (Å²) in [6.45, 7) is 3.21. The van der Waals surface area contributed by atoms with E-state index >= 15 is 0 Å². The van der Waals surface area contributed by atoms with Crippen LogP contribution in [-0.4, -0.2) is 66.4 Å². The first-order valence-electron chi connectivity index (χ1n) is 7.67. The van der Waals surface area contributed by atoms with Gasteiger partial charge in [-0.15, -0.1) is 0 Å². The molecule has 0 spiro atoms. The molecule has 1 fully saturated rings. The lowest BCUT2D eigenvalue weighted by molar-refractivity contribution is -0.138. The smallest absolute Gasteiger partial charge is 0.317 e. The molecule has 1 aromatic heterocycles. The summed E-state index contributed by atoms with van der Waals surface area (Å²) < 4.78 is 27.3. The maximum atomic E-state index is 13.0. The second-order valence-electron chi connectivity index (χ2n) is 5.91. The molecule has 128 valence electrons. The molecule has 0 bridgehead atoms. The standard InChI is InChI=1S/C16H19N3O4S/c1-12-9-13-3-2-4-14(16(13)17-10-12)24(22,23)19-7-5-18(6-8-19)11-15(20)21/h2-4,9-10H,5-8,11H2,1H3,(H,20,21). The summed E-state index contributed by atoms with van der Waals surface area (Å²) in [5.41, 5.74) is 1.44. The van der Waals surface area contributed by atoms with Crippen molar-refractivity contribution >= 4 is 26.9 Å². The molecule has 1 N–H and O–H groups in total. The Kier molecular flexibility index (Phi) is 4.53. The van der Waals surface area contributed by atoms with Crippen LogP contribution in [0.3, 0.4) is 0 Å². The second-order valence-corrected chi connectivity index (χ2v) is 7.82. The number of fused-ring (bicyclic) bond motifs is 1. The van der Waals surface area contributed by atoms with Crippen LogP contribution in [0.4, 0.5) is 0 Å². The highest BCUT2D eigenvalue weighted by molar-refractivity contribution is 7.89.